The summed E-state index contributed by atoms with van der Waals surface area (Å²) < 4.78 is 10.6. The van der Waals surface area contributed by atoms with Crippen molar-refractivity contribution in [1.82, 2.24) is 4.98 Å². The number of aryl methyl sites for hydroxylation is 1. The first-order valence-electron chi connectivity index (χ1n) is 5.73. The van der Waals surface area contributed by atoms with Crippen LogP contribution >= 0.6 is 0 Å². The number of fused-ring (bicyclic) bond motifs is 1. The van der Waals surface area contributed by atoms with E-state index in [-0.39, 0.29) is 17.9 Å². The van der Waals surface area contributed by atoms with Crippen molar-refractivity contribution in [2.45, 2.75) is 6.92 Å². The molecule has 5 heteroatoms. The van der Waals surface area contributed by atoms with Gasteiger partial charge in [0.1, 0.15) is 11.6 Å². The number of hydrogen-bond donors (Lipinski definition) is 1. The largest absolute Gasteiger partial charge is 0.454 e. The molecule has 1 aliphatic heterocycles. The summed E-state index contributed by atoms with van der Waals surface area (Å²) in [6, 6.07) is 8.91. The number of aromatic nitrogens is 1. The molecule has 1 aliphatic rings. The topological polar surface area (TPSA) is 75.1 Å². The smallest absolute Gasteiger partial charge is 0.266 e. The molecule has 0 radical (unpaired) electrons. The van der Waals surface area contributed by atoms with Gasteiger partial charge < -0.3 is 14.5 Å². The Kier molecular flexibility index (Phi) is 2.50. The molecule has 0 aliphatic carbocycles. The van der Waals surface area contributed by atoms with Crippen molar-refractivity contribution in [1.29, 1.82) is 5.26 Å². The number of rotatable bonds is 1. The lowest BCUT2D eigenvalue weighted by atomic mass is 10.0. The van der Waals surface area contributed by atoms with Gasteiger partial charge in [0.25, 0.3) is 5.56 Å². The number of benzene rings is 1. The number of hydrogen-bond acceptors (Lipinski definition) is 4. The molecule has 1 aromatic heterocycles. The number of ether oxygens (including phenoxy) is 2. The average molecular weight is 254 g/mol. The molecule has 2 aromatic rings. The van der Waals surface area contributed by atoms with Crippen molar-refractivity contribution >= 4 is 0 Å². The highest BCUT2D eigenvalue weighted by atomic mass is 16.7. The van der Waals surface area contributed by atoms with Gasteiger partial charge in [-0.05, 0) is 36.8 Å². The van der Waals surface area contributed by atoms with E-state index >= 15 is 0 Å². The quantitative estimate of drug-likeness (QED) is 0.844. The van der Waals surface area contributed by atoms with E-state index in [0.717, 1.165) is 11.1 Å². The highest BCUT2D eigenvalue weighted by molar-refractivity contribution is 5.67. The van der Waals surface area contributed by atoms with Crippen LogP contribution in [0.15, 0.2) is 29.1 Å². The lowest BCUT2D eigenvalue weighted by Gasteiger charge is -2.07. The highest BCUT2D eigenvalue weighted by Gasteiger charge is 2.15. The maximum atomic E-state index is 11.7. The molecule has 0 atom stereocenters. The Morgan fingerprint density at radius 3 is 2.84 bits per heavy atom. The third-order valence-corrected chi connectivity index (χ3v) is 3.02. The SMILES string of the molecule is Cc1cc(C#N)c(=O)[nH]c1-c1ccc2c(c1)OCO2. The van der Waals surface area contributed by atoms with E-state index in [9.17, 15) is 4.79 Å². The van der Waals surface area contributed by atoms with Crippen LogP contribution in [0.4, 0.5) is 0 Å². The van der Waals surface area contributed by atoms with Crippen LogP contribution in [0.1, 0.15) is 11.1 Å². The molecule has 3 rings (SSSR count). The molecular formula is C14H10N2O3. The Hall–Kier alpha value is -2.74. The summed E-state index contributed by atoms with van der Waals surface area (Å²) in [4.78, 5) is 14.4. The minimum absolute atomic E-state index is 0.113. The second kappa shape index (κ2) is 4.18. The number of nitrogens with one attached hydrogen (secondary N) is 1. The lowest BCUT2D eigenvalue weighted by Crippen LogP contribution is -2.11. The summed E-state index contributed by atoms with van der Waals surface area (Å²) in [5.41, 5.74) is 2.06. The summed E-state index contributed by atoms with van der Waals surface area (Å²) >= 11 is 0. The zero-order chi connectivity index (χ0) is 13.4. The maximum Gasteiger partial charge on any atom is 0.266 e. The molecule has 0 unspecified atom stereocenters. The first kappa shape index (κ1) is 11.4. The zero-order valence-electron chi connectivity index (χ0n) is 10.2. The van der Waals surface area contributed by atoms with Crippen molar-refractivity contribution < 1.29 is 9.47 Å². The van der Waals surface area contributed by atoms with E-state index in [1.54, 1.807) is 12.1 Å². The van der Waals surface area contributed by atoms with Gasteiger partial charge in [0.15, 0.2) is 11.5 Å². The van der Waals surface area contributed by atoms with Crippen LogP contribution in [0.3, 0.4) is 0 Å². The minimum Gasteiger partial charge on any atom is -0.454 e. The fourth-order valence-electron chi connectivity index (χ4n) is 2.07. The summed E-state index contributed by atoms with van der Waals surface area (Å²) in [5.74, 6) is 1.35. The summed E-state index contributed by atoms with van der Waals surface area (Å²) in [7, 11) is 0. The van der Waals surface area contributed by atoms with Gasteiger partial charge >= 0.3 is 0 Å². The van der Waals surface area contributed by atoms with Crippen LogP contribution in [-0.4, -0.2) is 11.8 Å². The number of aromatic amines is 1. The molecule has 0 saturated carbocycles. The van der Waals surface area contributed by atoms with E-state index in [0.29, 0.717) is 17.2 Å². The summed E-state index contributed by atoms with van der Waals surface area (Å²) in [5, 5.41) is 8.82. The molecule has 0 amide bonds. The normalized spacial score (nSPS) is 12.2. The fourth-order valence-corrected chi connectivity index (χ4v) is 2.07. The Morgan fingerprint density at radius 1 is 1.26 bits per heavy atom. The van der Waals surface area contributed by atoms with Crippen molar-refractivity contribution in [3.05, 3.63) is 45.7 Å². The van der Waals surface area contributed by atoms with Gasteiger partial charge in [0.05, 0.1) is 5.69 Å². The molecule has 0 fully saturated rings. The minimum atomic E-state index is -0.388. The Balaban J connectivity index is 2.15. The van der Waals surface area contributed by atoms with Gasteiger partial charge in [0, 0.05) is 5.56 Å². The Labute approximate surface area is 109 Å². The van der Waals surface area contributed by atoms with Crippen molar-refractivity contribution in [2.75, 3.05) is 6.79 Å². The molecule has 0 spiro atoms. The van der Waals surface area contributed by atoms with Crippen molar-refractivity contribution in [3.8, 4) is 28.8 Å². The molecular weight excluding hydrogens is 244 g/mol. The van der Waals surface area contributed by atoms with Crippen molar-refractivity contribution in [2.24, 2.45) is 0 Å². The first-order valence-corrected chi connectivity index (χ1v) is 5.73. The second-order valence-corrected chi connectivity index (χ2v) is 4.25. The van der Waals surface area contributed by atoms with Crippen LogP contribution in [0.2, 0.25) is 0 Å². The number of H-pyrrole nitrogens is 1. The molecule has 2 heterocycles. The van der Waals surface area contributed by atoms with E-state index in [1.165, 1.54) is 0 Å². The first-order chi connectivity index (χ1) is 9.19. The predicted molar refractivity (Wildman–Crippen MR) is 68.1 cm³/mol. The van der Waals surface area contributed by atoms with Gasteiger partial charge in [-0.25, -0.2) is 0 Å². The molecule has 0 saturated heterocycles. The van der Waals surface area contributed by atoms with Crippen LogP contribution in [-0.2, 0) is 0 Å². The number of pyridine rings is 1. The molecule has 19 heavy (non-hydrogen) atoms. The zero-order valence-corrected chi connectivity index (χ0v) is 10.2. The van der Waals surface area contributed by atoms with E-state index in [2.05, 4.69) is 4.98 Å². The van der Waals surface area contributed by atoms with Crippen LogP contribution in [0.25, 0.3) is 11.3 Å². The lowest BCUT2D eigenvalue weighted by molar-refractivity contribution is 0.174. The highest BCUT2D eigenvalue weighted by Crippen LogP contribution is 2.35. The fraction of sp³-hybridized carbons (Fsp3) is 0.143. The summed E-state index contributed by atoms with van der Waals surface area (Å²) in [6.45, 7) is 2.05. The van der Waals surface area contributed by atoms with E-state index in [1.807, 2.05) is 25.1 Å². The predicted octanol–water partition coefficient (Wildman–Crippen LogP) is 1.95. The third kappa shape index (κ3) is 1.83. The molecule has 5 nitrogen and oxygen atoms in total. The molecule has 94 valence electrons. The second-order valence-electron chi connectivity index (χ2n) is 4.25. The van der Waals surface area contributed by atoms with Gasteiger partial charge in [-0.15, -0.1) is 0 Å². The maximum absolute atomic E-state index is 11.7. The van der Waals surface area contributed by atoms with E-state index < -0.39 is 0 Å². The van der Waals surface area contributed by atoms with Gasteiger partial charge in [-0.1, -0.05) is 0 Å². The van der Waals surface area contributed by atoms with E-state index in [4.69, 9.17) is 14.7 Å². The van der Waals surface area contributed by atoms with Gasteiger partial charge in [-0.2, -0.15) is 5.26 Å². The molecule has 0 bridgehead atoms. The summed E-state index contributed by atoms with van der Waals surface area (Å²) in [6.07, 6.45) is 0. The Morgan fingerprint density at radius 2 is 2.05 bits per heavy atom. The van der Waals surface area contributed by atoms with Crippen LogP contribution < -0.4 is 15.0 Å². The Bertz CT molecular complexity index is 756. The number of nitrogens with zero attached hydrogens (tertiary/aromatic N) is 1. The van der Waals surface area contributed by atoms with Gasteiger partial charge in [-0.3, -0.25) is 4.79 Å². The third-order valence-electron chi connectivity index (χ3n) is 3.02. The van der Waals surface area contributed by atoms with Gasteiger partial charge in [0.2, 0.25) is 6.79 Å². The number of nitriles is 1. The van der Waals surface area contributed by atoms with Crippen LogP contribution in [0.5, 0.6) is 11.5 Å². The molecule has 1 aromatic carbocycles. The van der Waals surface area contributed by atoms with Crippen molar-refractivity contribution in [3.63, 3.8) is 0 Å². The monoisotopic (exact) mass is 254 g/mol. The molecule has 1 N–H and O–H groups in total. The average Bonchev–Trinajstić information content (AvgIpc) is 2.88. The standard InChI is InChI=1S/C14H10N2O3/c1-8-4-10(6-15)14(17)16-13(8)9-2-3-11-12(5-9)19-7-18-11/h2-5H,7H2,1H3,(H,16,17). The van der Waals surface area contributed by atoms with Crippen LogP contribution in [0, 0.1) is 18.3 Å².